The first-order valence-electron chi connectivity index (χ1n) is 12.2. The molecular weight excluding hydrogens is 461 g/mol. The smallest absolute Gasteiger partial charge is 0.416 e. The van der Waals surface area contributed by atoms with Gasteiger partial charge in [0, 0.05) is 11.7 Å². The fourth-order valence-corrected chi connectivity index (χ4v) is 4.98. The zero-order valence-corrected chi connectivity index (χ0v) is 20.3. The number of aryl methyl sites for hydroxylation is 1. The molecule has 1 N–H and O–H groups in total. The molecule has 186 valence electrons. The van der Waals surface area contributed by atoms with Crippen molar-refractivity contribution in [3.63, 3.8) is 0 Å². The Bertz CT molecular complexity index is 1360. The van der Waals surface area contributed by atoms with Gasteiger partial charge in [-0.05, 0) is 73.0 Å². The second kappa shape index (κ2) is 9.86. The third kappa shape index (κ3) is 4.91. The van der Waals surface area contributed by atoms with Gasteiger partial charge in [-0.1, -0.05) is 60.7 Å². The molecule has 0 amide bonds. The molecule has 1 unspecified atom stereocenters. The minimum absolute atomic E-state index is 0.148. The van der Waals surface area contributed by atoms with E-state index < -0.39 is 11.7 Å². The molecular formula is C30H29F3N2O. The van der Waals surface area contributed by atoms with E-state index in [1.165, 1.54) is 29.3 Å². The van der Waals surface area contributed by atoms with Crippen LogP contribution in [0.1, 0.15) is 36.1 Å². The highest BCUT2D eigenvalue weighted by molar-refractivity contribution is 5.86. The maximum atomic E-state index is 13.6. The van der Waals surface area contributed by atoms with E-state index in [1.807, 2.05) is 35.2 Å². The van der Waals surface area contributed by atoms with E-state index in [-0.39, 0.29) is 17.7 Å². The molecule has 4 aromatic rings. The maximum Gasteiger partial charge on any atom is 0.416 e. The Balaban J connectivity index is 1.32. The van der Waals surface area contributed by atoms with Crippen molar-refractivity contribution in [3.8, 4) is 5.75 Å². The molecule has 5 rings (SSSR count). The summed E-state index contributed by atoms with van der Waals surface area (Å²) in [5.41, 5.74) is 2.15. The Morgan fingerprint density at radius 2 is 1.72 bits per heavy atom. The van der Waals surface area contributed by atoms with Crippen LogP contribution in [0.15, 0.2) is 84.9 Å². The van der Waals surface area contributed by atoms with Crippen LogP contribution in [0.25, 0.3) is 10.8 Å². The van der Waals surface area contributed by atoms with Crippen molar-refractivity contribution >= 4 is 22.1 Å². The fourth-order valence-electron chi connectivity index (χ4n) is 4.98. The first-order valence-corrected chi connectivity index (χ1v) is 12.2. The van der Waals surface area contributed by atoms with Gasteiger partial charge in [0.25, 0.3) is 0 Å². The van der Waals surface area contributed by atoms with E-state index in [2.05, 4.69) is 48.6 Å². The topological polar surface area (TPSA) is 24.5 Å². The summed E-state index contributed by atoms with van der Waals surface area (Å²) in [7, 11) is 0. The maximum absolute atomic E-state index is 13.6. The average molecular weight is 491 g/mol. The Morgan fingerprint density at radius 1 is 0.972 bits per heavy atom. The predicted molar refractivity (Wildman–Crippen MR) is 139 cm³/mol. The second-order valence-corrected chi connectivity index (χ2v) is 9.35. The SMILES string of the molecule is Cc1ccc(N2CC(CCN[C@H](C)c3cccc4ccccc34)Oc3ccccc32)cc1C(F)(F)F. The highest BCUT2D eigenvalue weighted by Crippen LogP contribution is 2.41. The standard InChI is InChI=1S/C30H29F3N2O/c1-20-14-15-23(18-27(20)30(31,32)33)35-19-24(36-29-13-6-5-12-28(29)35)16-17-34-21(2)25-11-7-9-22-8-3-4-10-26(22)25/h3-15,18,21,24,34H,16-17,19H2,1-2H3/t21-,24?/m1/s1. The van der Waals surface area contributed by atoms with Crippen LogP contribution in [0.5, 0.6) is 5.75 Å². The second-order valence-electron chi connectivity index (χ2n) is 9.35. The molecule has 0 fully saturated rings. The van der Waals surface area contributed by atoms with Gasteiger partial charge in [0.1, 0.15) is 11.9 Å². The lowest BCUT2D eigenvalue weighted by Crippen LogP contribution is -2.39. The molecule has 3 nitrogen and oxygen atoms in total. The van der Waals surface area contributed by atoms with Crippen LogP contribution in [0.2, 0.25) is 0 Å². The highest BCUT2D eigenvalue weighted by atomic mass is 19.4. The summed E-state index contributed by atoms with van der Waals surface area (Å²) < 4.78 is 47.0. The number of benzene rings is 4. The van der Waals surface area contributed by atoms with Gasteiger partial charge in [-0.3, -0.25) is 0 Å². The van der Waals surface area contributed by atoms with E-state index in [1.54, 1.807) is 12.1 Å². The summed E-state index contributed by atoms with van der Waals surface area (Å²) in [5, 5.41) is 6.05. The molecule has 36 heavy (non-hydrogen) atoms. The lowest BCUT2D eigenvalue weighted by molar-refractivity contribution is -0.138. The van der Waals surface area contributed by atoms with Crippen LogP contribution in [-0.4, -0.2) is 19.2 Å². The number of fused-ring (bicyclic) bond motifs is 2. The molecule has 0 aliphatic carbocycles. The highest BCUT2D eigenvalue weighted by Gasteiger charge is 2.34. The van der Waals surface area contributed by atoms with Crippen molar-refractivity contribution in [3.05, 3.63) is 102 Å². The number of nitrogens with zero attached hydrogens (tertiary/aromatic N) is 1. The summed E-state index contributed by atoms with van der Waals surface area (Å²) in [4.78, 5) is 1.94. The lowest BCUT2D eigenvalue weighted by Gasteiger charge is -2.37. The number of anilines is 2. The quantitative estimate of drug-likeness (QED) is 0.298. The third-order valence-electron chi connectivity index (χ3n) is 6.88. The Hall–Kier alpha value is -3.51. The molecule has 0 aromatic heterocycles. The van der Waals surface area contributed by atoms with E-state index in [9.17, 15) is 13.2 Å². The van der Waals surface area contributed by atoms with Crippen molar-refractivity contribution in [2.24, 2.45) is 0 Å². The number of halogens is 3. The Morgan fingerprint density at radius 3 is 2.56 bits per heavy atom. The number of nitrogens with one attached hydrogen (secondary N) is 1. The molecule has 0 spiro atoms. The van der Waals surface area contributed by atoms with Crippen molar-refractivity contribution in [2.75, 3.05) is 18.0 Å². The van der Waals surface area contributed by atoms with Gasteiger partial charge in [-0.15, -0.1) is 0 Å². The van der Waals surface area contributed by atoms with Crippen LogP contribution in [0, 0.1) is 6.92 Å². The van der Waals surface area contributed by atoms with Crippen LogP contribution >= 0.6 is 0 Å². The van der Waals surface area contributed by atoms with E-state index in [0.717, 1.165) is 12.1 Å². The minimum Gasteiger partial charge on any atom is -0.486 e. The molecule has 1 aliphatic rings. The van der Waals surface area contributed by atoms with E-state index in [0.29, 0.717) is 24.5 Å². The molecule has 6 heteroatoms. The van der Waals surface area contributed by atoms with Gasteiger partial charge in [-0.2, -0.15) is 13.2 Å². The molecule has 0 radical (unpaired) electrons. The summed E-state index contributed by atoms with van der Waals surface area (Å²) >= 11 is 0. The van der Waals surface area contributed by atoms with Gasteiger partial charge in [-0.25, -0.2) is 0 Å². The van der Waals surface area contributed by atoms with Crippen LogP contribution < -0.4 is 15.0 Å². The number of hydrogen-bond acceptors (Lipinski definition) is 3. The van der Waals surface area contributed by atoms with Gasteiger partial charge in [0.05, 0.1) is 17.8 Å². The average Bonchev–Trinajstić information content (AvgIpc) is 2.87. The zero-order valence-electron chi connectivity index (χ0n) is 20.3. The van der Waals surface area contributed by atoms with Gasteiger partial charge >= 0.3 is 6.18 Å². The molecule has 2 atom stereocenters. The van der Waals surface area contributed by atoms with Crippen LogP contribution in [0.3, 0.4) is 0 Å². The first kappa shape index (κ1) is 24.2. The minimum atomic E-state index is -4.40. The van der Waals surface area contributed by atoms with E-state index >= 15 is 0 Å². The summed E-state index contributed by atoms with van der Waals surface area (Å²) in [5.74, 6) is 0.685. The molecule has 0 saturated heterocycles. The fraction of sp³-hybridized carbons (Fsp3) is 0.267. The number of alkyl halides is 3. The largest absolute Gasteiger partial charge is 0.486 e. The first-order chi connectivity index (χ1) is 17.3. The lowest BCUT2D eigenvalue weighted by atomic mass is 9.99. The van der Waals surface area contributed by atoms with Crippen molar-refractivity contribution in [1.29, 1.82) is 0 Å². The van der Waals surface area contributed by atoms with Crippen molar-refractivity contribution in [2.45, 2.75) is 38.6 Å². The number of para-hydroxylation sites is 2. The number of hydrogen-bond donors (Lipinski definition) is 1. The third-order valence-corrected chi connectivity index (χ3v) is 6.88. The summed E-state index contributed by atoms with van der Waals surface area (Å²) in [6.07, 6.45) is -3.84. The normalized spacial score (nSPS) is 16.5. The molecule has 1 aliphatic heterocycles. The number of ether oxygens (including phenoxy) is 1. The molecule has 1 heterocycles. The summed E-state index contributed by atoms with van der Waals surface area (Å²) in [6, 6.07) is 26.9. The van der Waals surface area contributed by atoms with Gasteiger partial charge < -0.3 is 15.0 Å². The van der Waals surface area contributed by atoms with E-state index in [4.69, 9.17) is 4.74 Å². The van der Waals surface area contributed by atoms with Crippen LogP contribution in [-0.2, 0) is 6.18 Å². The molecule has 4 aromatic carbocycles. The van der Waals surface area contributed by atoms with Gasteiger partial charge in [0.15, 0.2) is 0 Å². The van der Waals surface area contributed by atoms with Crippen molar-refractivity contribution in [1.82, 2.24) is 5.32 Å². The predicted octanol–water partition coefficient (Wildman–Crippen LogP) is 7.81. The number of rotatable bonds is 6. The van der Waals surface area contributed by atoms with Crippen LogP contribution in [0.4, 0.5) is 24.5 Å². The molecule has 0 bridgehead atoms. The molecule has 0 saturated carbocycles. The van der Waals surface area contributed by atoms with Gasteiger partial charge in [0.2, 0.25) is 0 Å². The summed E-state index contributed by atoms with van der Waals surface area (Å²) in [6.45, 7) is 4.83. The van der Waals surface area contributed by atoms with Crippen molar-refractivity contribution < 1.29 is 17.9 Å². The zero-order chi connectivity index (χ0) is 25.3. The monoisotopic (exact) mass is 490 g/mol. The Labute approximate surface area is 209 Å². The Kier molecular flexibility index (Phi) is 6.63.